The van der Waals surface area contributed by atoms with E-state index in [0.717, 1.165) is 25.2 Å². The fourth-order valence-corrected chi connectivity index (χ4v) is 2.11. The molecule has 1 aromatic heterocycles. The SMILES string of the molecule is COC1(Cc2cc(C(C)(C)C)nn2C)CNC1. The van der Waals surface area contributed by atoms with Crippen molar-refractivity contribution >= 4 is 0 Å². The highest BCUT2D eigenvalue weighted by Crippen LogP contribution is 2.26. The number of ether oxygens (including phenoxy) is 1. The van der Waals surface area contributed by atoms with E-state index in [1.54, 1.807) is 7.11 Å². The molecule has 0 saturated carbocycles. The number of rotatable bonds is 3. The van der Waals surface area contributed by atoms with Crippen LogP contribution in [0.3, 0.4) is 0 Å². The lowest BCUT2D eigenvalue weighted by molar-refractivity contribution is -0.0514. The summed E-state index contributed by atoms with van der Waals surface area (Å²) in [7, 11) is 3.81. The van der Waals surface area contributed by atoms with E-state index in [4.69, 9.17) is 4.74 Å². The average molecular weight is 237 g/mol. The monoisotopic (exact) mass is 237 g/mol. The summed E-state index contributed by atoms with van der Waals surface area (Å²) < 4.78 is 7.61. The van der Waals surface area contributed by atoms with Gasteiger partial charge in [0.05, 0.1) is 11.3 Å². The summed E-state index contributed by atoms with van der Waals surface area (Å²) in [6, 6.07) is 2.21. The van der Waals surface area contributed by atoms with E-state index in [1.807, 2.05) is 11.7 Å². The summed E-state index contributed by atoms with van der Waals surface area (Å²) in [5, 5.41) is 7.87. The zero-order valence-corrected chi connectivity index (χ0v) is 11.5. The molecule has 17 heavy (non-hydrogen) atoms. The van der Waals surface area contributed by atoms with Gasteiger partial charge in [-0.1, -0.05) is 20.8 Å². The van der Waals surface area contributed by atoms with Crippen molar-refractivity contribution in [2.45, 2.75) is 38.2 Å². The number of hydrogen-bond acceptors (Lipinski definition) is 3. The minimum absolute atomic E-state index is 0.0249. The van der Waals surface area contributed by atoms with Crippen LogP contribution >= 0.6 is 0 Å². The molecule has 0 unspecified atom stereocenters. The second-order valence-corrected chi connectivity index (χ2v) is 6.06. The van der Waals surface area contributed by atoms with Crippen molar-refractivity contribution in [3.8, 4) is 0 Å². The van der Waals surface area contributed by atoms with E-state index in [-0.39, 0.29) is 11.0 Å². The molecule has 0 aliphatic carbocycles. The summed E-state index contributed by atoms with van der Waals surface area (Å²) in [6.07, 6.45) is 0.927. The minimum Gasteiger partial charge on any atom is -0.375 e. The first-order valence-corrected chi connectivity index (χ1v) is 6.16. The minimum atomic E-state index is -0.0249. The smallest absolute Gasteiger partial charge is 0.0980 e. The summed E-state index contributed by atoms with van der Waals surface area (Å²) in [6.45, 7) is 8.43. The summed E-state index contributed by atoms with van der Waals surface area (Å²) in [5.41, 5.74) is 2.48. The highest BCUT2D eigenvalue weighted by molar-refractivity contribution is 5.20. The summed E-state index contributed by atoms with van der Waals surface area (Å²) in [5.74, 6) is 0. The lowest BCUT2D eigenvalue weighted by atomic mass is 9.89. The van der Waals surface area contributed by atoms with E-state index in [1.165, 1.54) is 5.69 Å². The van der Waals surface area contributed by atoms with Crippen LogP contribution in [-0.2, 0) is 23.6 Å². The topological polar surface area (TPSA) is 39.1 Å². The maximum atomic E-state index is 5.62. The number of aromatic nitrogens is 2. The Kier molecular flexibility index (Phi) is 3.04. The molecule has 1 aliphatic rings. The third-order valence-electron chi connectivity index (χ3n) is 3.58. The molecule has 4 nitrogen and oxygen atoms in total. The predicted molar refractivity (Wildman–Crippen MR) is 68.2 cm³/mol. The molecule has 0 atom stereocenters. The Labute approximate surface area is 103 Å². The van der Waals surface area contributed by atoms with Gasteiger partial charge in [-0.3, -0.25) is 4.68 Å². The number of aryl methyl sites for hydroxylation is 1. The fourth-order valence-electron chi connectivity index (χ4n) is 2.11. The second kappa shape index (κ2) is 4.10. The Bertz CT molecular complexity index is 394. The summed E-state index contributed by atoms with van der Waals surface area (Å²) >= 11 is 0. The molecule has 0 bridgehead atoms. The van der Waals surface area contributed by atoms with E-state index in [2.05, 4.69) is 37.3 Å². The first-order valence-electron chi connectivity index (χ1n) is 6.16. The van der Waals surface area contributed by atoms with Crippen LogP contribution < -0.4 is 5.32 Å². The van der Waals surface area contributed by atoms with E-state index < -0.39 is 0 Å². The van der Waals surface area contributed by atoms with Crippen molar-refractivity contribution in [1.29, 1.82) is 0 Å². The molecule has 2 heterocycles. The Balaban J connectivity index is 2.19. The van der Waals surface area contributed by atoms with Crippen LogP contribution in [-0.4, -0.2) is 35.6 Å². The van der Waals surface area contributed by atoms with Crippen LogP contribution in [0.15, 0.2) is 6.07 Å². The van der Waals surface area contributed by atoms with Gasteiger partial charge in [-0.25, -0.2) is 0 Å². The zero-order valence-electron chi connectivity index (χ0n) is 11.5. The molecule has 0 aromatic carbocycles. The van der Waals surface area contributed by atoms with Crippen LogP contribution in [0.2, 0.25) is 0 Å². The van der Waals surface area contributed by atoms with Crippen molar-refractivity contribution in [1.82, 2.24) is 15.1 Å². The van der Waals surface area contributed by atoms with Crippen LogP contribution in [0.5, 0.6) is 0 Å². The standard InChI is InChI=1S/C13H23N3O/c1-12(2,3)11-6-10(16(4)15-11)7-13(17-5)8-14-9-13/h6,14H,7-9H2,1-5H3. The Morgan fingerprint density at radius 1 is 1.47 bits per heavy atom. The molecular formula is C13H23N3O. The van der Waals surface area contributed by atoms with Gasteiger partial charge < -0.3 is 10.1 Å². The molecule has 2 rings (SSSR count). The quantitative estimate of drug-likeness (QED) is 0.860. The van der Waals surface area contributed by atoms with Crippen molar-refractivity contribution in [2.75, 3.05) is 20.2 Å². The molecule has 1 fully saturated rings. The molecule has 0 spiro atoms. The van der Waals surface area contributed by atoms with Crippen LogP contribution in [0.25, 0.3) is 0 Å². The molecule has 4 heteroatoms. The first kappa shape index (κ1) is 12.6. The lowest BCUT2D eigenvalue weighted by Gasteiger charge is -2.41. The van der Waals surface area contributed by atoms with Gasteiger partial charge in [0.25, 0.3) is 0 Å². The van der Waals surface area contributed by atoms with Gasteiger partial charge in [0, 0.05) is 44.8 Å². The van der Waals surface area contributed by atoms with Crippen LogP contribution in [0, 0.1) is 0 Å². The maximum Gasteiger partial charge on any atom is 0.0980 e. The third kappa shape index (κ3) is 2.38. The van der Waals surface area contributed by atoms with Gasteiger partial charge >= 0.3 is 0 Å². The van der Waals surface area contributed by atoms with Crippen molar-refractivity contribution in [3.63, 3.8) is 0 Å². The largest absolute Gasteiger partial charge is 0.375 e. The fraction of sp³-hybridized carbons (Fsp3) is 0.769. The molecule has 1 saturated heterocycles. The molecule has 1 aromatic rings. The lowest BCUT2D eigenvalue weighted by Crippen LogP contribution is -2.62. The van der Waals surface area contributed by atoms with E-state index >= 15 is 0 Å². The second-order valence-electron chi connectivity index (χ2n) is 6.06. The number of nitrogens with one attached hydrogen (secondary N) is 1. The van der Waals surface area contributed by atoms with Gasteiger partial charge in [0.1, 0.15) is 0 Å². The first-order chi connectivity index (χ1) is 7.86. The van der Waals surface area contributed by atoms with Crippen LogP contribution in [0.4, 0.5) is 0 Å². The van der Waals surface area contributed by atoms with Crippen molar-refractivity contribution < 1.29 is 4.74 Å². The molecule has 0 amide bonds. The van der Waals surface area contributed by atoms with Crippen LogP contribution in [0.1, 0.15) is 32.2 Å². The molecule has 96 valence electrons. The molecular weight excluding hydrogens is 214 g/mol. The summed E-state index contributed by atoms with van der Waals surface area (Å²) in [4.78, 5) is 0. The van der Waals surface area contributed by atoms with E-state index in [9.17, 15) is 0 Å². The molecule has 0 radical (unpaired) electrons. The van der Waals surface area contributed by atoms with Gasteiger partial charge in [0.15, 0.2) is 0 Å². The number of methoxy groups -OCH3 is 1. The van der Waals surface area contributed by atoms with Gasteiger partial charge in [-0.15, -0.1) is 0 Å². The van der Waals surface area contributed by atoms with Gasteiger partial charge in [0.2, 0.25) is 0 Å². The Hall–Kier alpha value is -0.870. The highest BCUT2D eigenvalue weighted by Gasteiger charge is 2.38. The van der Waals surface area contributed by atoms with E-state index in [0.29, 0.717) is 0 Å². The number of nitrogens with zero attached hydrogens (tertiary/aromatic N) is 2. The predicted octanol–water partition coefficient (Wildman–Crippen LogP) is 1.25. The van der Waals surface area contributed by atoms with Crippen molar-refractivity contribution in [2.24, 2.45) is 7.05 Å². The van der Waals surface area contributed by atoms with Gasteiger partial charge in [-0.05, 0) is 6.07 Å². The van der Waals surface area contributed by atoms with Crippen molar-refractivity contribution in [3.05, 3.63) is 17.5 Å². The van der Waals surface area contributed by atoms with Gasteiger partial charge in [-0.2, -0.15) is 5.10 Å². The number of hydrogen-bond donors (Lipinski definition) is 1. The Morgan fingerprint density at radius 3 is 2.47 bits per heavy atom. The highest BCUT2D eigenvalue weighted by atomic mass is 16.5. The zero-order chi connectivity index (χ0) is 12.7. The Morgan fingerprint density at radius 2 is 2.12 bits per heavy atom. The average Bonchev–Trinajstić information content (AvgIpc) is 2.53. The normalized spacial score (nSPS) is 19.1. The maximum absolute atomic E-state index is 5.62. The third-order valence-corrected chi connectivity index (χ3v) is 3.58. The molecule has 1 aliphatic heterocycles. The molecule has 1 N–H and O–H groups in total.